The molecule has 1 aromatic heterocycles. The van der Waals surface area contributed by atoms with Gasteiger partial charge in [0.25, 0.3) is 5.56 Å². The highest BCUT2D eigenvalue weighted by Crippen LogP contribution is 2.47. The first kappa shape index (κ1) is 16.6. The number of hydrogen-bond acceptors (Lipinski definition) is 2. The number of benzene rings is 3. The first-order chi connectivity index (χ1) is 13.7. The number of aromatic amines is 1. The summed E-state index contributed by atoms with van der Waals surface area (Å²) in [6.45, 7) is 1.99. The second-order valence-electron chi connectivity index (χ2n) is 7.24. The highest BCUT2D eigenvalue weighted by atomic mass is 16.1. The quantitative estimate of drug-likeness (QED) is 0.556. The van der Waals surface area contributed by atoms with Crippen LogP contribution in [0.25, 0.3) is 5.69 Å². The molecule has 4 heteroatoms. The second-order valence-corrected chi connectivity index (χ2v) is 7.24. The number of anilines is 2. The molecule has 5 rings (SSSR count). The van der Waals surface area contributed by atoms with Gasteiger partial charge in [0.15, 0.2) is 0 Å². The zero-order valence-corrected chi connectivity index (χ0v) is 15.9. The number of fused-ring (bicyclic) bond motifs is 2. The van der Waals surface area contributed by atoms with Crippen LogP contribution < -0.4 is 10.5 Å². The highest BCUT2D eigenvalue weighted by molar-refractivity contribution is 5.77. The van der Waals surface area contributed by atoms with Gasteiger partial charge < -0.3 is 4.90 Å². The average molecular weight is 367 g/mol. The predicted molar refractivity (Wildman–Crippen MR) is 113 cm³/mol. The largest absolute Gasteiger partial charge is 0.344 e. The van der Waals surface area contributed by atoms with E-state index < -0.39 is 0 Å². The lowest BCUT2D eigenvalue weighted by molar-refractivity contribution is 0.832. The Morgan fingerprint density at radius 2 is 1.32 bits per heavy atom. The van der Waals surface area contributed by atoms with E-state index in [1.165, 1.54) is 0 Å². The first-order valence-electron chi connectivity index (χ1n) is 9.45. The zero-order chi connectivity index (χ0) is 19.3. The third-order valence-corrected chi connectivity index (χ3v) is 5.64. The maximum atomic E-state index is 13.5. The number of hydrogen-bond donors (Lipinski definition) is 1. The molecule has 0 spiro atoms. The average Bonchev–Trinajstić information content (AvgIpc) is 3.03. The van der Waals surface area contributed by atoms with Gasteiger partial charge in [-0.05, 0) is 42.3 Å². The van der Waals surface area contributed by atoms with Gasteiger partial charge in [0.1, 0.15) is 0 Å². The summed E-state index contributed by atoms with van der Waals surface area (Å²) in [5, 5.41) is 3.29. The van der Waals surface area contributed by atoms with Gasteiger partial charge in [-0.15, -0.1) is 0 Å². The van der Waals surface area contributed by atoms with E-state index in [0.717, 1.165) is 39.4 Å². The van der Waals surface area contributed by atoms with Crippen LogP contribution in [-0.2, 0) is 0 Å². The van der Waals surface area contributed by atoms with Crippen LogP contribution in [-0.4, -0.2) is 16.8 Å². The molecule has 138 valence electrons. The second kappa shape index (κ2) is 6.27. The van der Waals surface area contributed by atoms with E-state index in [-0.39, 0.29) is 11.5 Å². The predicted octanol–water partition coefficient (Wildman–Crippen LogP) is 4.74. The van der Waals surface area contributed by atoms with Crippen LogP contribution in [0.15, 0.2) is 83.7 Å². The van der Waals surface area contributed by atoms with Crippen molar-refractivity contribution in [2.45, 2.75) is 12.8 Å². The lowest BCUT2D eigenvalue weighted by Gasteiger charge is -2.35. The van der Waals surface area contributed by atoms with Crippen molar-refractivity contribution in [1.29, 1.82) is 0 Å². The highest BCUT2D eigenvalue weighted by Gasteiger charge is 2.33. The van der Waals surface area contributed by atoms with E-state index in [9.17, 15) is 4.79 Å². The number of aromatic nitrogens is 2. The Morgan fingerprint density at radius 3 is 1.93 bits per heavy atom. The molecule has 1 aliphatic rings. The Morgan fingerprint density at radius 1 is 0.786 bits per heavy atom. The summed E-state index contributed by atoms with van der Waals surface area (Å²) in [5.74, 6) is -0.0997. The Bertz CT molecular complexity index is 1170. The van der Waals surface area contributed by atoms with Gasteiger partial charge >= 0.3 is 0 Å². The van der Waals surface area contributed by atoms with Gasteiger partial charge in [-0.25, -0.2) is 4.68 Å². The monoisotopic (exact) mass is 367 g/mol. The molecule has 0 aliphatic carbocycles. The standard InChI is InChI=1S/C24H21N3O/c1-16-22(24(28)27(25-16)17-10-4-3-5-11-17)23-18-12-6-8-14-20(18)26(2)21-15-9-7-13-19(21)23/h3-15,23,25H,1-2H3. The number of rotatable bonds is 2. The molecule has 1 N–H and O–H groups in total. The molecule has 1 aliphatic heterocycles. The molecule has 0 bridgehead atoms. The summed E-state index contributed by atoms with van der Waals surface area (Å²) in [6, 6.07) is 26.4. The van der Waals surface area contributed by atoms with Crippen molar-refractivity contribution >= 4 is 11.4 Å². The van der Waals surface area contributed by atoms with Crippen LogP contribution in [0.1, 0.15) is 28.3 Å². The number of nitrogens with one attached hydrogen (secondary N) is 1. The van der Waals surface area contributed by atoms with E-state index in [4.69, 9.17) is 0 Å². The summed E-state index contributed by atoms with van der Waals surface area (Å²) in [6.07, 6.45) is 0. The molecule has 28 heavy (non-hydrogen) atoms. The molecule has 0 atom stereocenters. The van der Waals surface area contributed by atoms with Crippen molar-refractivity contribution in [2.24, 2.45) is 0 Å². The van der Waals surface area contributed by atoms with E-state index in [2.05, 4.69) is 41.3 Å². The van der Waals surface area contributed by atoms with Crippen LogP contribution in [0, 0.1) is 6.92 Å². The van der Waals surface area contributed by atoms with Crippen LogP contribution in [0.2, 0.25) is 0 Å². The Hall–Kier alpha value is -3.53. The summed E-state index contributed by atoms with van der Waals surface area (Å²) in [4.78, 5) is 15.7. The maximum Gasteiger partial charge on any atom is 0.275 e. The Kier molecular flexibility index (Phi) is 3.72. The molecule has 0 radical (unpaired) electrons. The minimum absolute atomic E-state index is 0.00265. The third-order valence-electron chi connectivity index (χ3n) is 5.64. The summed E-state index contributed by atoms with van der Waals surface area (Å²) >= 11 is 0. The summed E-state index contributed by atoms with van der Waals surface area (Å²) in [7, 11) is 2.08. The van der Waals surface area contributed by atoms with E-state index in [0.29, 0.717) is 0 Å². The van der Waals surface area contributed by atoms with Gasteiger partial charge in [-0.3, -0.25) is 9.89 Å². The SMILES string of the molecule is Cc1[nH]n(-c2ccccc2)c(=O)c1C1c2ccccc2N(C)c2ccccc21. The van der Waals surface area contributed by atoms with Gasteiger partial charge in [-0.2, -0.15) is 0 Å². The molecule has 4 nitrogen and oxygen atoms in total. The lowest BCUT2D eigenvalue weighted by Crippen LogP contribution is -2.26. The number of aryl methyl sites for hydroxylation is 1. The van der Waals surface area contributed by atoms with E-state index in [1.54, 1.807) is 4.68 Å². The molecule has 0 saturated carbocycles. The van der Waals surface area contributed by atoms with Gasteiger partial charge in [0.05, 0.1) is 11.3 Å². The topological polar surface area (TPSA) is 41.0 Å². The fraction of sp³-hybridized carbons (Fsp3) is 0.125. The van der Waals surface area contributed by atoms with Crippen molar-refractivity contribution in [3.8, 4) is 5.69 Å². The minimum atomic E-state index is -0.0997. The molecular weight excluding hydrogens is 346 g/mol. The number of H-pyrrole nitrogens is 1. The van der Waals surface area contributed by atoms with Crippen molar-refractivity contribution in [1.82, 2.24) is 9.78 Å². The third kappa shape index (κ3) is 2.34. The minimum Gasteiger partial charge on any atom is -0.344 e. The van der Waals surface area contributed by atoms with Crippen molar-refractivity contribution < 1.29 is 0 Å². The first-order valence-corrected chi connectivity index (χ1v) is 9.45. The molecule has 0 fully saturated rings. The van der Waals surface area contributed by atoms with Crippen LogP contribution in [0.4, 0.5) is 11.4 Å². The van der Waals surface area contributed by atoms with E-state index >= 15 is 0 Å². The summed E-state index contributed by atoms with van der Waals surface area (Å²) in [5.41, 5.74) is 7.13. The van der Waals surface area contributed by atoms with Gasteiger partial charge in [0.2, 0.25) is 0 Å². The fourth-order valence-electron chi connectivity index (χ4n) is 4.34. The lowest BCUT2D eigenvalue weighted by atomic mass is 9.80. The van der Waals surface area contributed by atoms with Crippen LogP contribution >= 0.6 is 0 Å². The van der Waals surface area contributed by atoms with Crippen molar-refractivity contribution in [3.63, 3.8) is 0 Å². The summed E-state index contributed by atoms with van der Waals surface area (Å²) < 4.78 is 1.65. The zero-order valence-electron chi connectivity index (χ0n) is 15.9. The van der Waals surface area contributed by atoms with Gasteiger partial charge in [0, 0.05) is 30.0 Å². The smallest absolute Gasteiger partial charge is 0.275 e. The van der Waals surface area contributed by atoms with Crippen LogP contribution in [0.3, 0.4) is 0 Å². The number of nitrogens with zero attached hydrogens (tertiary/aromatic N) is 2. The molecule has 0 saturated heterocycles. The molecule has 0 unspecified atom stereocenters. The van der Waals surface area contributed by atoms with E-state index in [1.807, 2.05) is 61.5 Å². The molecule has 4 aromatic rings. The molecule has 2 heterocycles. The van der Waals surface area contributed by atoms with Crippen molar-refractivity contribution in [2.75, 3.05) is 11.9 Å². The number of para-hydroxylation sites is 3. The fourth-order valence-corrected chi connectivity index (χ4v) is 4.34. The molecule has 0 amide bonds. The molecule has 3 aromatic carbocycles. The normalized spacial score (nSPS) is 13.3. The molecular formula is C24H21N3O. The van der Waals surface area contributed by atoms with Crippen molar-refractivity contribution in [3.05, 3.63) is 112 Å². The maximum absolute atomic E-state index is 13.5. The van der Waals surface area contributed by atoms with Crippen LogP contribution in [0.5, 0.6) is 0 Å². The van der Waals surface area contributed by atoms with Gasteiger partial charge in [-0.1, -0.05) is 54.6 Å². The Labute approximate surface area is 163 Å². The Balaban J connectivity index is 1.79.